The lowest BCUT2D eigenvalue weighted by Gasteiger charge is -2.39. The van der Waals surface area contributed by atoms with Crippen LogP contribution in [0.1, 0.15) is 31.4 Å². The fraction of sp³-hybridized carbons (Fsp3) is 0.632. The smallest absolute Gasteiger partial charge is 0.134 e. The van der Waals surface area contributed by atoms with Gasteiger partial charge in [0.2, 0.25) is 0 Å². The van der Waals surface area contributed by atoms with E-state index in [1.54, 1.807) is 6.33 Å². The molecular formula is C19H29N7. The van der Waals surface area contributed by atoms with Gasteiger partial charge in [0.05, 0.1) is 12.0 Å². The van der Waals surface area contributed by atoms with Crippen LogP contribution in [0.3, 0.4) is 0 Å². The number of imidazole rings is 1. The molecule has 0 bridgehead atoms. The van der Waals surface area contributed by atoms with E-state index in [1.165, 1.54) is 25.7 Å². The number of hydrogen-bond acceptors (Lipinski definition) is 6. The van der Waals surface area contributed by atoms with Crippen LogP contribution in [-0.2, 0) is 13.6 Å². The molecule has 2 fully saturated rings. The standard InChI is InChI=1S/C19H29N7/c1-23(2)18-10-19(21-13-20-18)26(16-4-5-16)17-6-8-25(9-7-17)12-15-11-24(3)14-22-15/h10-11,13-14,16-17H,4-9,12H2,1-3H3. The topological polar surface area (TPSA) is 53.3 Å². The Balaban J connectivity index is 1.42. The van der Waals surface area contributed by atoms with Gasteiger partial charge in [-0.05, 0) is 25.7 Å². The Morgan fingerprint density at radius 2 is 1.69 bits per heavy atom. The summed E-state index contributed by atoms with van der Waals surface area (Å²) in [4.78, 5) is 20.6. The highest BCUT2D eigenvalue weighted by molar-refractivity contribution is 5.51. The van der Waals surface area contributed by atoms with Crippen molar-refractivity contribution >= 4 is 11.6 Å². The summed E-state index contributed by atoms with van der Waals surface area (Å²) < 4.78 is 2.02. The molecule has 0 aromatic carbocycles. The fourth-order valence-corrected chi connectivity index (χ4v) is 3.88. The minimum absolute atomic E-state index is 0.576. The summed E-state index contributed by atoms with van der Waals surface area (Å²) in [6.45, 7) is 3.20. The molecule has 140 valence electrons. The van der Waals surface area contributed by atoms with E-state index in [2.05, 4.69) is 37.0 Å². The monoisotopic (exact) mass is 355 g/mol. The van der Waals surface area contributed by atoms with E-state index in [0.29, 0.717) is 12.1 Å². The minimum Gasteiger partial charge on any atom is -0.363 e. The highest BCUT2D eigenvalue weighted by atomic mass is 15.3. The molecule has 4 rings (SSSR count). The number of likely N-dealkylation sites (tertiary alicyclic amines) is 1. The summed E-state index contributed by atoms with van der Waals surface area (Å²) in [7, 11) is 6.09. The van der Waals surface area contributed by atoms with E-state index >= 15 is 0 Å². The van der Waals surface area contributed by atoms with Crippen molar-refractivity contribution in [3.05, 3.63) is 30.6 Å². The Bertz CT molecular complexity index is 729. The molecule has 26 heavy (non-hydrogen) atoms. The number of piperidine rings is 1. The predicted molar refractivity (Wildman–Crippen MR) is 103 cm³/mol. The average Bonchev–Trinajstić information content (AvgIpc) is 3.39. The Morgan fingerprint density at radius 1 is 1.00 bits per heavy atom. The summed E-state index contributed by atoms with van der Waals surface area (Å²) >= 11 is 0. The van der Waals surface area contributed by atoms with Crippen LogP contribution in [-0.4, -0.2) is 63.7 Å². The van der Waals surface area contributed by atoms with Gasteiger partial charge >= 0.3 is 0 Å². The van der Waals surface area contributed by atoms with Crippen molar-refractivity contribution in [1.29, 1.82) is 0 Å². The highest BCUT2D eigenvalue weighted by Crippen LogP contribution is 2.36. The molecule has 0 N–H and O–H groups in total. The Morgan fingerprint density at radius 3 is 2.31 bits per heavy atom. The van der Waals surface area contributed by atoms with Gasteiger partial charge in [-0.3, -0.25) is 4.90 Å². The maximum absolute atomic E-state index is 4.61. The van der Waals surface area contributed by atoms with Gasteiger partial charge < -0.3 is 14.4 Å². The lowest BCUT2D eigenvalue weighted by molar-refractivity contribution is 0.198. The zero-order valence-electron chi connectivity index (χ0n) is 16.0. The van der Waals surface area contributed by atoms with Gasteiger partial charge in [-0.2, -0.15) is 0 Å². The molecule has 2 aliphatic rings. The molecule has 1 aliphatic heterocycles. The van der Waals surface area contributed by atoms with E-state index < -0.39 is 0 Å². The van der Waals surface area contributed by atoms with Gasteiger partial charge in [-0.15, -0.1) is 0 Å². The first-order valence-corrected chi connectivity index (χ1v) is 9.57. The summed E-state index contributed by atoms with van der Waals surface area (Å²) in [6, 6.07) is 3.37. The van der Waals surface area contributed by atoms with Crippen molar-refractivity contribution < 1.29 is 0 Å². The number of aryl methyl sites for hydroxylation is 1. The van der Waals surface area contributed by atoms with E-state index in [-0.39, 0.29) is 0 Å². The molecule has 0 radical (unpaired) electrons. The number of hydrogen-bond donors (Lipinski definition) is 0. The Kier molecular flexibility index (Phi) is 4.80. The molecule has 1 saturated heterocycles. The van der Waals surface area contributed by atoms with Crippen LogP contribution in [0.15, 0.2) is 24.9 Å². The quantitative estimate of drug-likeness (QED) is 0.789. The Hall–Kier alpha value is -2.15. The van der Waals surface area contributed by atoms with Crippen LogP contribution >= 0.6 is 0 Å². The van der Waals surface area contributed by atoms with E-state index in [0.717, 1.165) is 37.0 Å². The lowest BCUT2D eigenvalue weighted by atomic mass is 10.0. The fourth-order valence-electron chi connectivity index (χ4n) is 3.88. The van der Waals surface area contributed by atoms with Crippen molar-refractivity contribution in [3.63, 3.8) is 0 Å². The van der Waals surface area contributed by atoms with Crippen molar-refractivity contribution in [2.24, 2.45) is 7.05 Å². The second-order valence-corrected chi connectivity index (χ2v) is 7.81. The first kappa shape index (κ1) is 17.3. The molecule has 1 saturated carbocycles. The molecule has 2 aromatic rings. The second-order valence-electron chi connectivity index (χ2n) is 7.81. The largest absolute Gasteiger partial charge is 0.363 e. The van der Waals surface area contributed by atoms with Crippen molar-refractivity contribution in [3.8, 4) is 0 Å². The molecular weight excluding hydrogens is 326 g/mol. The van der Waals surface area contributed by atoms with E-state index in [1.807, 2.05) is 36.9 Å². The third kappa shape index (κ3) is 3.82. The summed E-state index contributed by atoms with van der Waals surface area (Å²) in [5.74, 6) is 2.07. The average molecular weight is 355 g/mol. The van der Waals surface area contributed by atoms with Gasteiger partial charge in [0.25, 0.3) is 0 Å². The van der Waals surface area contributed by atoms with Gasteiger partial charge in [-0.1, -0.05) is 0 Å². The molecule has 0 unspecified atom stereocenters. The maximum Gasteiger partial charge on any atom is 0.134 e. The molecule has 0 amide bonds. The van der Waals surface area contributed by atoms with Crippen LogP contribution in [0.4, 0.5) is 11.6 Å². The first-order chi connectivity index (χ1) is 12.6. The predicted octanol–water partition coefficient (Wildman–Crippen LogP) is 1.91. The van der Waals surface area contributed by atoms with Crippen LogP contribution in [0.2, 0.25) is 0 Å². The summed E-state index contributed by atoms with van der Waals surface area (Å²) in [5, 5.41) is 0. The third-order valence-electron chi connectivity index (χ3n) is 5.40. The highest BCUT2D eigenvalue weighted by Gasteiger charge is 2.36. The number of anilines is 2. The lowest BCUT2D eigenvalue weighted by Crippen LogP contribution is -2.46. The first-order valence-electron chi connectivity index (χ1n) is 9.57. The van der Waals surface area contributed by atoms with Gasteiger partial charge in [0, 0.05) is 65.1 Å². The van der Waals surface area contributed by atoms with Crippen LogP contribution in [0.25, 0.3) is 0 Å². The third-order valence-corrected chi connectivity index (χ3v) is 5.40. The molecule has 1 aliphatic carbocycles. The number of rotatable bonds is 6. The molecule has 2 aromatic heterocycles. The van der Waals surface area contributed by atoms with E-state index in [9.17, 15) is 0 Å². The zero-order chi connectivity index (χ0) is 18.1. The van der Waals surface area contributed by atoms with Crippen molar-refractivity contribution in [2.45, 2.75) is 44.3 Å². The van der Waals surface area contributed by atoms with Gasteiger partial charge in [0.1, 0.15) is 18.0 Å². The molecule has 0 atom stereocenters. The van der Waals surface area contributed by atoms with Crippen LogP contribution in [0, 0.1) is 0 Å². The number of nitrogens with zero attached hydrogens (tertiary/aromatic N) is 7. The molecule has 7 heteroatoms. The Labute approximate surface area is 155 Å². The zero-order valence-corrected chi connectivity index (χ0v) is 16.0. The summed E-state index contributed by atoms with van der Waals surface area (Å²) in [6.07, 6.45) is 10.6. The number of aromatic nitrogens is 4. The van der Waals surface area contributed by atoms with Crippen molar-refractivity contribution in [1.82, 2.24) is 24.4 Å². The normalized spacial score (nSPS) is 18.9. The van der Waals surface area contributed by atoms with Crippen molar-refractivity contribution in [2.75, 3.05) is 37.0 Å². The summed E-state index contributed by atoms with van der Waals surface area (Å²) in [5.41, 5.74) is 1.16. The van der Waals surface area contributed by atoms with Crippen LogP contribution in [0.5, 0.6) is 0 Å². The second kappa shape index (κ2) is 7.23. The van der Waals surface area contributed by atoms with Crippen LogP contribution < -0.4 is 9.80 Å². The maximum atomic E-state index is 4.61. The van der Waals surface area contributed by atoms with Gasteiger partial charge in [-0.25, -0.2) is 15.0 Å². The molecule has 3 heterocycles. The van der Waals surface area contributed by atoms with E-state index in [4.69, 9.17) is 0 Å². The molecule has 7 nitrogen and oxygen atoms in total. The minimum atomic E-state index is 0.576. The molecule has 0 spiro atoms. The SMILES string of the molecule is CN(C)c1cc(N(C2CC2)C2CCN(Cc3cn(C)cn3)CC2)ncn1. The van der Waals surface area contributed by atoms with Gasteiger partial charge in [0.15, 0.2) is 0 Å².